The average molecular weight is 410 g/mol. The fourth-order valence-electron chi connectivity index (χ4n) is 2.92. The van der Waals surface area contributed by atoms with Crippen LogP contribution in [-0.2, 0) is 9.71 Å². The third kappa shape index (κ3) is 4.78. The number of carbonyl (C=O) groups is 1. The van der Waals surface area contributed by atoms with Crippen molar-refractivity contribution in [2.75, 3.05) is 11.8 Å². The van der Waals surface area contributed by atoms with Gasteiger partial charge >= 0.3 is 5.97 Å². The summed E-state index contributed by atoms with van der Waals surface area (Å²) in [6, 6.07) is 21.6. The van der Waals surface area contributed by atoms with Gasteiger partial charge in [-0.15, -0.1) is 0 Å². The Hall–Kier alpha value is -3.25. The van der Waals surface area contributed by atoms with E-state index < -0.39 is 15.7 Å². The second-order valence-electron chi connectivity index (χ2n) is 6.41. The molecule has 0 aliphatic heterocycles. The van der Waals surface area contributed by atoms with E-state index in [1.165, 1.54) is 12.1 Å². The molecule has 0 bridgehead atoms. The van der Waals surface area contributed by atoms with E-state index in [0.29, 0.717) is 17.0 Å². The van der Waals surface area contributed by atoms with E-state index >= 15 is 0 Å². The van der Waals surface area contributed by atoms with Gasteiger partial charge in [0.05, 0.1) is 22.4 Å². The molecule has 1 atom stereocenters. The number of nitrogens with one attached hydrogen (secondary N) is 1. The first kappa shape index (κ1) is 20.5. The second-order valence-corrected chi connectivity index (χ2v) is 8.62. The van der Waals surface area contributed by atoms with Crippen molar-refractivity contribution in [2.45, 2.75) is 18.2 Å². The number of benzene rings is 3. The fraction of sp³-hybridized carbons (Fsp3) is 0.130. The summed E-state index contributed by atoms with van der Waals surface area (Å²) in [5.41, 5.74) is 2.84. The molecule has 0 fully saturated rings. The van der Waals surface area contributed by atoms with Crippen LogP contribution in [0.4, 0.5) is 5.69 Å². The van der Waals surface area contributed by atoms with Gasteiger partial charge in [0.1, 0.15) is 5.75 Å². The first-order chi connectivity index (χ1) is 13.9. The molecule has 5 nitrogen and oxygen atoms in total. The number of carboxylic acids is 1. The Bertz CT molecular complexity index is 1100. The lowest BCUT2D eigenvalue weighted by Crippen LogP contribution is -2.16. The van der Waals surface area contributed by atoms with Crippen molar-refractivity contribution in [1.29, 1.82) is 0 Å². The number of carboxylic acid groups (broad SMARTS) is 1. The normalized spacial score (nSPS) is 12.6. The maximum atomic E-state index is 13.6. The van der Waals surface area contributed by atoms with Crippen LogP contribution in [0.3, 0.4) is 0 Å². The highest BCUT2D eigenvalue weighted by Crippen LogP contribution is 2.25. The molecule has 1 unspecified atom stereocenters. The lowest BCUT2D eigenvalue weighted by atomic mass is 10.1. The van der Waals surface area contributed by atoms with Gasteiger partial charge < -0.3 is 14.6 Å². The molecular weight excluding hydrogens is 386 g/mol. The lowest BCUT2D eigenvalue weighted by molar-refractivity contribution is 0.0697. The number of hydrogen-bond acceptors (Lipinski definition) is 3. The predicted octanol–water partition coefficient (Wildman–Crippen LogP) is 4.94. The molecule has 6 heteroatoms. The summed E-state index contributed by atoms with van der Waals surface area (Å²) >= 11 is 0. The Balaban J connectivity index is 1.88. The summed E-state index contributed by atoms with van der Waals surface area (Å²) < 4.78 is 21.9. The Morgan fingerprint density at radius 3 is 2.00 bits per heavy atom. The number of rotatable bonds is 7. The molecule has 29 heavy (non-hydrogen) atoms. The van der Waals surface area contributed by atoms with Crippen molar-refractivity contribution in [3.8, 4) is 16.9 Å². The smallest absolute Gasteiger partial charge is 0.335 e. The molecule has 0 heterocycles. The van der Waals surface area contributed by atoms with Crippen molar-refractivity contribution in [3.63, 3.8) is 0 Å². The van der Waals surface area contributed by atoms with E-state index in [1.807, 2.05) is 55.5 Å². The van der Waals surface area contributed by atoms with Crippen molar-refractivity contribution in [1.82, 2.24) is 0 Å². The molecule has 0 aliphatic carbocycles. The van der Waals surface area contributed by atoms with Gasteiger partial charge in [0, 0.05) is 10.6 Å². The second kappa shape index (κ2) is 8.84. The van der Waals surface area contributed by atoms with Crippen LogP contribution in [0.5, 0.6) is 5.75 Å². The van der Waals surface area contributed by atoms with Gasteiger partial charge in [0.2, 0.25) is 0 Å². The van der Waals surface area contributed by atoms with Crippen molar-refractivity contribution >= 4 is 26.7 Å². The monoisotopic (exact) mass is 409 g/mol. The highest BCUT2D eigenvalue weighted by atomic mass is 32.2. The number of aromatic carboxylic acids is 1. The fourth-order valence-corrected chi connectivity index (χ4v) is 4.81. The molecule has 0 spiro atoms. The number of ether oxygens (including phenoxy) is 1. The highest BCUT2D eigenvalue weighted by Gasteiger charge is 2.12. The molecule has 2 N–H and O–H groups in total. The first-order valence-electron chi connectivity index (χ1n) is 9.18. The summed E-state index contributed by atoms with van der Waals surface area (Å²) in [5, 5.41) is 10.8. The zero-order valence-corrected chi connectivity index (χ0v) is 17.1. The Morgan fingerprint density at radius 1 is 0.966 bits per heavy atom. The van der Waals surface area contributed by atoms with Gasteiger partial charge in [-0.05, 0) is 71.4 Å². The maximum absolute atomic E-state index is 13.6. The highest BCUT2D eigenvalue weighted by molar-refractivity contribution is 8.02. The SMILES string of the molecule is CCC=S(=O)(Nc1ccc(C(=O)O)cc1)c1ccc(-c2ccc(OC)cc2)cc1. The molecule has 0 amide bonds. The van der Waals surface area contributed by atoms with E-state index in [9.17, 15) is 9.00 Å². The van der Waals surface area contributed by atoms with Gasteiger partial charge in [0.25, 0.3) is 0 Å². The van der Waals surface area contributed by atoms with Gasteiger partial charge in [-0.2, -0.15) is 0 Å². The third-order valence-corrected chi connectivity index (χ3v) is 6.74. The van der Waals surface area contributed by atoms with Crippen LogP contribution < -0.4 is 9.46 Å². The zero-order chi connectivity index (χ0) is 20.9. The average Bonchev–Trinajstić information content (AvgIpc) is 2.74. The minimum atomic E-state index is -2.66. The largest absolute Gasteiger partial charge is 0.497 e. The van der Waals surface area contributed by atoms with Crippen LogP contribution in [0, 0.1) is 0 Å². The van der Waals surface area contributed by atoms with Crippen LogP contribution >= 0.6 is 0 Å². The van der Waals surface area contributed by atoms with Crippen LogP contribution in [0.2, 0.25) is 0 Å². The molecule has 0 aliphatic rings. The maximum Gasteiger partial charge on any atom is 0.335 e. The Kier molecular flexibility index (Phi) is 6.24. The van der Waals surface area contributed by atoms with E-state index in [-0.39, 0.29) is 5.56 Å². The molecular formula is C23H23NO4S. The first-order valence-corrected chi connectivity index (χ1v) is 10.8. The van der Waals surface area contributed by atoms with Crippen LogP contribution in [-0.4, -0.2) is 27.8 Å². The number of anilines is 1. The third-order valence-electron chi connectivity index (χ3n) is 4.43. The van der Waals surface area contributed by atoms with Crippen LogP contribution in [0.25, 0.3) is 11.1 Å². The van der Waals surface area contributed by atoms with Crippen LogP contribution in [0.15, 0.2) is 77.7 Å². The Labute approximate surface area is 171 Å². The van der Waals surface area contributed by atoms with E-state index in [4.69, 9.17) is 9.84 Å². The molecule has 0 saturated heterocycles. The lowest BCUT2D eigenvalue weighted by Gasteiger charge is -2.16. The van der Waals surface area contributed by atoms with Gasteiger partial charge in [-0.25, -0.2) is 9.00 Å². The predicted molar refractivity (Wildman–Crippen MR) is 118 cm³/mol. The molecule has 3 aromatic rings. The Morgan fingerprint density at radius 2 is 1.52 bits per heavy atom. The number of hydrogen-bond donors (Lipinski definition) is 2. The molecule has 3 aromatic carbocycles. The van der Waals surface area contributed by atoms with Crippen molar-refractivity contribution in [2.24, 2.45) is 0 Å². The van der Waals surface area contributed by atoms with E-state index in [2.05, 4.69) is 4.72 Å². The van der Waals surface area contributed by atoms with Gasteiger partial charge in [-0.1, -0.05) is 31.2 Å². The van der Waals surface area contributed by atoms with E-state index in [0.717, 1.165) is 16.9 Å². The minimum absolute atomic E-state index is 0.186. The van der Waals surface area contributed by atoms with Gasteiger partial charge in [-0.3, -0.25) is 0 Å². The summed E-state index contributed by atoms with van der Waals surface area (Å²) in [7, 11) is -1.02. The topological polar surface area (TPSA) is 75.6 Å². The van der Waals surface area contributed by atoms with Crippen LogP contribution in [0.1, 0.15) is 23.7 Å². The summed E-state index contributed by atoms with van der Waals surface area (Å²) in [6.07, 6.45) is 0.624. The number of methoxy groups -OCH3 is 1. The molecule has 0 saturated carbocycles. The molecule has 0 aromatic heterocycles. The zero-order valence-electron chi connectivity index (χ0n) is 16.3. The van der Waals surface area contributed by atoms with Gasteiger partial charge in [0.15, 0.2) is 0 Å². The summed E-state index contributed by atoms with van der Waals surface area (Å²) in [5.74, 6) is -0.199. The summed E-state index contributed by atoms with van der Waals surface area (Å²) in [4.78, 5) is 11.7. The quantitative estimate of drug-likeness (QED) is 0.542. The molecule has 3 rings (SSSR count). The van der Waals surface area contributed by atoms with Crippen molar-refractivity contribution in [3.05, 3.63) is 78.4 Å². The summed E-state index contributed by atoms with van der Waals surface area (Å²) in [6.45, 7) is 1.93. The molecule has 150 valence electrons. The minimum Gasteiger partial charge on any atom is -0.497 e. The molecule has 0 radical (unpaired) electrons. The standard InChI is InChI=1S/C23H23NO4S/c1-3-16-29(27,24-20-10-4-19(5-11-20)23(25)26)22-14-8-18(9-15-22)17-6-12-21(28-2)13-7-17/h4-16H,3H2,1-2H3,(H,24,27)(H,25,26). The van der Waals surface area contributed by atoms with E-state index in [1.54, 1.807) is 24.6 Å². The van der Waals surface area contributed by atoms with Crippen molar-refractivity contribution < 1.29 is 18.8 Å².